The summed E-state index contributed by atoms with van der Waals surface area (Å²) >= 11 is 0. The first kappa shape index (κ1) is 32.3. The lowest BCUT2D eigenvalue weighted by molar-refractivity contribution is -0.274. The maximum atomic E-state index is 13.8. The number of sulfonamides is 1. The van der Waals surface area contributed by atoms with Crippen LogP contribution in [0.4, 0.5) is 18.9 Å². The van der Waals surface area contributed by atoms with Crippen LogP contribution in [-0.2, 0) is 36.0 Å². The van der Waals surface area contributed by atoms with Gasteiger partial charge in [0.05, 0.1) is 29.1 Å². The number of nitrogens with one attached hydrogen (secondary N) is 2. The Morgan fingerprint density at radius 2 is 1.80 bits per heavy atom. The number of aliphatic hydroxyl groups excluding tert-OH is 1. The number of carbonyl (C=O) groups is 1. The number of rotatable bonds is 11. The van der Waals surface area contributed by atoms with E-state index in [1.165, 1.54) is 29.6 Å². The summed E-state index contributed by atoms with van der Waals surface area (Å²) in [7, 11) is -2.11. The quantitative estimate of drug-likeness (QED) is 0.224. The second-order valence-corrected chi connectivity index (χ2v) is 13.2. The number of carbonyl (C=O) groups excluding carboxylic acids is 1. The molecule has 5 rings (SSSR count). The van der Waals surface area contributed by atoms with Crippen LogP contribution in [0.1, 0.15) is 34.0 Å². The Kier molecular flexibility index (Phi) is 9.42. The first-order valence-electron chi connectivity index (χ1n) is 14.5. The van der Waals surface area contributed by atoms with Crippen LogP contribution in [0.2, 0.25) is 0 Å². The predicted octanol–water partition coefficient (Wildman–Crippen LogP) is 4.37. The average molecular weight is 645 g/mol. The van der Waals surface area contributed by atoms with Gasteiger partial charge in [-0.1, -0.05) is 49.4 Å². The van der Waals surface area contributed by atoms with Crippen molar-refractivity contribution < 1.29 is 36.2 Å². The fourth-order valence-electron chi connectivity index (χ4n) is 5.58. The van der Waals surface area contributed by atoms with Gasteiger partial charge in [0, 0.05) is 43.8 Å². The summed E-state index contributed by atoms with van der Waals surface area (Å²) in [6.07, 6.45) is -2.97. The highest BCUT2D eigenvalue weighted by molar-refractivity contribution is 7.92. The molecule has 1 amide bonds. The summed E-state index contributed by atoms with van der Waals surface area (Å²) in [4.78, 5) is 13.8. The highest BCUT2D eigenvalue weighted by Crippen LogP contribution is 2.35. The molecular weight excluding hydrogens is 609 g/mol. The Balaban J connectivity index is 1.37. The first-order valence-corrected chi connectivity index (χ1v) is 16.2. The van der Waals surface area contributed by atoms with E-state index in [9.17, 15) is 31.5 Å². The number of aromatic nitrogens is 1. The van der Waals surface area contributed by atoms with E-state index in [4.69, 9.17) is 0 Å². The van der Waals surface area contributed by atoms with Crippen LogP contribution >= 0.6 is 0 Å². The Labute approximate surface area is 259 Å². The molecule has 1 aliphatic heterocycles. The molecule has 3 N–H and O–H groups in total. The topological polar surface area (TPSA) is 113 Å². The number of alkyl halides is 3. The second kappa shape index (κ2) is 13.1. The van der Waals surface area contributed by atoms with Crippen molar-refractivity contribution in [2.45, 2.75) is 51.4 Å². The van der Waals surface area contributed by atoms with Gasteiger partial charge in [-0.25, -0.2) is 8.42 Å². The highest BCUT2D eigenvalue weighted by atomic mass is 32.2. The van der Waals surface area contributed by atoms with Gasteiger partial charge in [-0.05, 0) is 53.8 Å². The fraction of sp³-hybridized carbons (Fsp3) is 0.344. The zero-order chi connectivity index (χ0) is 32.4. The van der Waals surface area contributed by atoms with Crippen LogP contribution in [0, 0.1) is 0 Å². The van der Waals surface area contributed by atoms with Crippen molar-refractivity contribution in [1.82, 2.24) is 15.2 Å². The SMILES string of the molecule is CCc1cn2c3c(cc(C(=O)N[C@@H](Cc4ccccc4)[C@H](O)CNCc4cccc(OC(F)(F)F)c4)cc13)N(C)S(=O)(=O)CC2. The maximum absolute atomic E-state index is 13.8. The zero-order valence-corrected chi connectivity index (χ0v) is 25.7. The smallest absolute Gasteiger partial charge is 0.406 e. The van der Waals surface area contributed by atoms with Crippen molar-refractivity contribution in [3.63, 3.8) is 0 Å². The predicted molar refractivity (Wildman–Crippen MR) is 166 cm³/mol. The number of hydrogen-bond donors (Lipinski definition) is 3. The van der Waals surface area contributed by atoms with Gasteiger partial charge >= 0.3 is 6.36 Å². The lowest BCUT2D eigenvalue weighted by Crippen LogP contribution is -2.48. The minimum Gasteiger partial charge on any atom is -0.406 e. The molecule has 1 aliphatic rings. The van der Waals surface area contributed by atoms with Crippen LogP contribution in [0.3, 0.4) is 0 Å². The molecule has 0 unspecified atom stereocenters. The molecule has 0 aliphatic carbocycles. The maximum Gasteiger partial charge on any atom is 0.573 e. The Bertz CT molecular complexity index is 1780. The van der Waals surface area contributed by atoms with Crippen molar-refractivity contribution in [3.8, 4) is 5.75 Å². The summed E-state index contributed by atoms with van der Waals surface area (Å²) in [5.41, 5.74) is 3.80. The third-order valence-electron chi connectivity index (χ3n) is 7.92. The minimum atomic E-state index is -4.81. The number of amides is 1. The highest BCUT2D eigenvalue weighted by Gasteiger charge is 2.31. The Morgan fingerprint density at radius 3 is 2.51 bits per heavy atom. The van der Waals surface area contributed by atoms with Crippen LogP contribution in [0.25, 0.3) is 10.9 Å². The molecule has 0 saturated heterocycles. The zero-order valence-electron chi connectivity index (χ0n) is 24.8. The van der Waals surface area contributed by atoms with Crippen LogP contribution in [0.5, 0.6) is 5.75 Å². The standard InChI is InChI=1S/C32H35F3N4O5S/c1-3-23-20-39-12-13-45(42,43)38(2)28-17-24(16-26(23)30(28)39)31(41)37-27(15-21-8-5-4-6-9-21)29(40)19-36-18-22-10-7-11-25(14-22)44-32(33,34)35/h4-11,14,16-17,20,27,29,36,40H,3,12-13,15,18-19H2,1-2H3,(H,37,41)/t27-,29+/m0/s1. The normalized spacial score (nSPS) is 15.8. The lowest BCUT2D eigenvalue weighted by atomic mass is 9.99. The molecular formula is C32H35F3N4O5S. The largest absolute Gasteiger partial charge is 0.573 e. The Hall–Kier alpha value is -4.07. The van der Waals surface area contributed by atoms with Gasteiger partial charge in [0.15, 0.2) is 0 Å². The third kappa shape index (κ3) is 7.60. The molecule has 13 heteroatoms. The number of anilines is 1. The van der Waals surface area contributed by atoms with E-state index >= 15 is 0 Å². The molecule has 240 valence electrons. The van der Waals surface area contributed by atoms with E-state index in [2.05, 4.69) is 15.4 Å². The molecule has 0 bridgehead atoms. The van der Waals surface area contributed by atoms with Gasteiger partial charge in [0.25, 0.3) is 5.91 Å². The number of aliphatic hydroxyl groups is 1. The van der Waals surface area contributed by atoms with E-state index in [1.54, 1.807) is 18.2 Å². The number of aryl methyl sites for hydroxylation is 2. The molecule has 0 spiro atoms. The molecule has 1 aromatic heterocycles. The van der Waals surface area contributed by atoms with Gasteiger partial charge in [-0.2, -0.15) is 0 Å². The second-order valence-electron chi connectivity index (χ2n) is 11.0. The molecule has 0 fully saturated rings. The summed E-state index contributed by atoms with van der Waals surface area (Å²) in [5, 5.41) is 18.0. The van der Waals surface area contributed by atoms with E-state index < -0.39 is 34.4 Å². The van der Waals surface area contributed by atoms with E-state index in [-0.39, 0.29) is 30.2 Å². The van der Waals surface area contributed by atoms with Crippen molar-refractivity contribution in [2.24, 2.45) is 0 Å². The van der Waals surface area contributed by atoms with Crippen molar-refractivity contribution in [2.75, 3.05) is 23.7 Å². The molecule has 45 heavy (non-hydrogen) atoms. The molecule has 2 heterocycles. The van der Waals surface area contributed by atoms with Gasteiger partial charge < -0.3 is 25.0 Å². The van der Waals surface area contributed by atoms with E-state index in [0.717, 1.165) is 22.0 Å². The number of ether oxygens (including phenoxy) is 1. The fourth-order valence-corrected chi connectivity index (χ4v) is 6.72. The number of nitrogens with zero attached hydrogens (tertiary/aromatic N) is 2. The lowest BCUT2D eigenvalue weighted by Gasteiger charge is -2.25. The van der Waals surface area contributed by atoms with Crippen molar-refractivity contribution in [3.05, 3.63) is 95.2 Å². The Morgan fingerprint density at radius 1 is 1.07 bits per heavy atom. The van der Waals surface area contributed by atoms with Crippen molar-refractivity contribution in [1.29, 1.82) is 0 Å². The molecule has 2 atom stereocenters. The van der Waals surface area contributed by atoms with Crippen molar-refractivity contribution >= 4 is 32.5 Å². The summed E-state index contributed by atoms with van der Waals surface area (Å²) < 4.78 is 70.8. The summed E-state index contributed by atoms with van der Waals surface area (Å²) in [6.45, 7) is 2.47. The van der Waals surface area contributed by atoms with Gasteiger partial charge in [-0.15, -0.1) is 13.2 Å². The van der Waals surface area contributed by atoms with Crippen LogP contribution in [0.15, 0.2) is 72.9 Å². The number of halogens is 3. The first-order chi connectivity index (χ1) is 21.3. The monoisotopic (exact) mass is 644 g/mol. The summed E-state index contributed by atoms with van der Waals surface area (Å²) in [5.74, 6) is -0.886. The van der Waals surface area contributed by atoms with Gasteiger partial charge in [0.1, 0.15) is 5.75 Å². The van der Waals surface area contributed by atoms with E-state index in [0.29, 0.717) is 30.6 Å². The third-order valence-corrected chi connectivity index (χ3v) is 9.65. The van der Waals surface area contributed by atoms with Crippen LogP contribution < -0.4 is 19.7 Å². The molecule has 3 aromatic carbocycles. The van der Waals surface area contributed by atoms with E-state index in [1.807, 2.05) is 48.0 Å². The molecule has 4 aromatic rings. The molecule has 0 saturated carbocycles. The van der Waals surface area contributed by atoms with Crippen LogP contribution in [-0.4, -0.2) is 61.9 Å². The molecule has 0 radical (unpaired) electrons. The minimum absolute atomic E-state index is 0.0240. The average Bonchev–Trinajstić information content (AvgIpc) is 3.32. The summed E-state index contributed by atoms with van der Waals surface area (Å²) in [6, 6.07) is 17.4. The van der Waals surface area contributed by atoms with Gasteiger partial charge in [0.2, 0.25) is 10.0 Å². The van der Waals surface area contributed by atoms with Gasteiger partial charge in [-0.3, -0.25) is 9.10 Å². The molecule has 9 nitrogen and oxygen atoms in total. The number of hydrogen-bond acceptors (Lipinski definition) is 6. The number of benzene rings is 3.